The summed E-state index contributed by atoms with van der Waals surface area (Å²) in [7, 11) is -2.95. The summed E-state index contributed by atoms with van der Waals surface area (Å²) in [4.78, 5) is 3.97. The molecule has 0 fully saturated rings. The summed E-state index contributed by atoms with van der Waals surface area (Å²) in [5, 5.41) is 6.94. The van der Waals surface area contributed by atoms with Gasteiger partial charge in [0.1, 0.15) is 9.84 Å². The molecular formula is C13H17N3O3S. The highest BCUT2D eigenvalue weighted by Crippen LogP contribution is 2.15. The van der Waals surface area contributed by atoms with Gasteiger partial charge in [-0.15, -0.1) is 0 Å². The lowest BCUT2D eigenvalue weighted by molar-refractivity contribution is 0.419. The summed E-state index contributed by atoms with van der Waals surface area (Å²) < 4.78 is 27.0. The maximum absolute atomic E-state index is 11.2. The van der Waals surface area contributed by atoms with E-state index in [1.54, 1.807) is 0 Å². The van der Waals surface area contributed by atoms with Crippen LogP contribution in [-0.4, -0.2) is 36.6 Å². The molecule has 0 aliphatic heterocycles. The van der Waals surface area contributed by atoms with Gasteiger partial charge in [-0.3, -0.25) is 0 Å². The third-order valence-electron chi connectivity index (χ3n) is 2.78. The molecule has 1 unspecified atom stereocenters. The molecule has 0 aliphatic carbocycles. The van der Waals surface area contributed by atoms with Crippen molar-refractivity contribution in [1.82, 2.24) is 15.5 Å². The molecule has 0 aliphatic rings. The lowest BCUT2D eigenvalue weighted by Crippen LogP contribution is -2.32. The van der Waals surface area contributed by atoms with E-state index in [1.807, 2.05) is 31.2 Å². The molecule has 0 amide bonds. The molecule has 0 radical (unpaired) electrons. The number of aromatic nitrogens is 2. The van der Waals surface area contributed by atoms with Gasteiger partial charge in [-0.25, -0.2) is 8.42 Å². The van der Waals surface area contributed by atoms with Gasteiger partial charge >= 0.3 is 0 Å². The first-order valence-electron chi connectivity index (χ1n) is 6.21. The van der Waals surface area contributed by atoms with Crippen LogP contribution in [0.2, 0.25) is 0 Å². The van der Waals surface area contributed by atoms with Crippen LogP contribution in [0, 0.1) is 0 Å². The topological polar surface area (TPSA) is 85.1 Å². The third-order valence-corrected chi connectivity index (χ3v) is 3.89. The zero-order chi connectivity index (χ0) is 14.6. The standard InChI is InChI=1S/C13H17N3O3S/c1-10(8-20(2,17)18)14-7-11-3-5-12(6-4-11)13-15-9-19-16-13/h3-6,9-10,14H,7-8H2,1-2H3. The van der Waals surface area contributed by atoms with E-state index in [2.05, 4.69) is 15.5 Å². The molecule has 0 saturated heterocycles. The number of hydrogen-bond acceptors (Lipinski definition) is 6. The molecule has 2 rings (SSSR count). The first-order chi connectivity index (χ1) is 9.44. The monoisotopic (exact) mass is 295 g/mol. The molecule has 0 spiro atoms. The van der Waals surface area contributed by atoms with Crippen LogP contribution in [-0.2, 0) is 16.4 Å². The van der Waals surface area contributed by atoms with E-state index < -0.39 is 9.84 Å². The lowest BCUT2D eigenvalue weighted by Gasteiger charge is -2.12. The highest BCUT2D eigenvalue weighted by molar-refractivity contribution is 7.90. The van der Waals surface area contributed by atoms with E-state index in [-0.39, 0.29) is 11.8 Å². The van der Waals surface area contributed by atoms with Crippen molar-refractivity contribution < 1.29 is 12.9 Å². The number of hydrogen-bond donors (Lipinski definition) is 1. The van der Waals surface area contributed by atoms with Gasteiger partial charge in [0.2, 0.25) is 12.2 Å². The second kappa shape index (κ2) is 6.15. The zero-order valence-corrected chi connectivity index (χ0v) is 12.2. The van der Waals surface area contributed by atoms with Gasteiger partial charge in [0.15, 0.2) is 0 Å². The van der Waals surface area contributed by atoms with Gasteiger partial charge in [-0.1, -0.05) is 29.4 Å². The fraction of sp³-hybridized carbons (Fsp3) is 0.385. The summed E-state index contributed by atoms with van der Waals surface area (Å²) in [6, 6.07) is 7.63. The van der Waals surface area contributed by atoms with Crippen LogP contribution in [0.3, 0.4) is 0 Å². The zero-order valence-electron chi connectivity index (χ0n) is 11.4. The molecule has 1 N–H and O–H groups in total. The van der Waals surface area contributed by atoms with E-state index in [1.165, 1.54) is 12.6 Å². The van der Waals surface area contributed by atoms with Crippen molar-refractivity contribution >= 4 is 9.84 Å². The van der Waals surface area contributed by atoms with Crippen molar-refractivity contribution in [3.05, 3.63) is 36.2 Å². The molecule has 20 heavy (non-hydrogen) atoms. The van der Waals surface area contributed by atoms with Crippen molar-refractivity contribution in [3.63, 3.8) is 0 Å². The quantitative estimate of drug-likeness (QED) is 0.863. The molecule has 1 aromatic carbocycles. The average Bonchev–Trinajstić information content (AvgIpc) is 2.89. The maximum atomic E-state index is 11.2. The highest BCUT2D eigenvalue weighted by atomic mass is 32.2. The fourth-order valence-electron chi connectivity index (χ4n) is 1.87. The minimum absolute atomic E-state index is 0.0816. The van der Waals surface area contributed by atoms with Gasteiger partial charge in [-0.05, 0) is 12.5 Å². The first kappa shape index (κ1) is 14.7. The minimum Gasteiger partial charge on any atom is -0.342 e. The molecule has 1 aromatic heterocycles. The summed E-state index contributed by atoms with van der Waals surface area (Å²) >= 11 is 0. The molecule has 2 aromatic rings. The van der Waals surface area contributed by atoms with E-state index in [4.69, 9.17) is 4.52 Å². The van der Waals surface area contributed by atoms with E-state index >= 15 is 0 Å². The third kappa shape index (κ3) is 4.43. The Labute approximate surface area is 118 Å². The number of sulfone groups is 1. The van der Waals surface area contributed by atoms with Crippen molar-refractivity contribution in [2.45, 2.75) is 19.5 Å². The number of benzene rings is 1. The smallest absolute Gasteiger partial charge is 0.214 e. The van der Waals surface area contributed by atoms with Crippen molar-refractivity contribution in [2.24, 2.45) is 0 Å². The van der Waals surface area contributed by atoms with Crippen molar-refractivity contribution in [3.8, 4) is 11.4 Å². The van der Waals surface area contributed by atoms with Crippen LogP contribution >= 0.6 is 0 Å². The van der Waals surface area contributed by atoms with E-state index in [0.717, 1.165) is 11.1 Å². The second-order valence-corrected chi connectivity index (χ2v) is 7.01. The summed E-state index contributed by atoms with van der Waals surface area (Å²) in [5.41, 5.74) is 1.95. The SMILES string of the molecule is CC(CS(C)(=O)=O)NCc1ccc(-c2ncon2)cc1. The minimum atomic E-state index is -2.95. The Morgan fingerprint density at radius 2 is 2.00 bits per heavy atom. The van der Waals surface area contributed by atoms with Crippen molar-refractivity contribution in [1.29, 1.82) is 0 Å². The van der Waals surface area contributed by atoms with E-state index in [9.17, 15) is 8.42 Å². The Morgan fingerprint density at radius 3 is 2.55 bits per heavy atom. The Kier molecular flexibility index (Phi) is 4.51. The van der Waals surface area contributed by atoms with Gasteiger partial charge in [-0.2, -0.15) is 4.98 Å². The molecular weight excluding hydrogens is 278 g/mol. The first-order valence-corrected chi connectivity index (χ1v) is 8.27. The Morgan fingerprint density at radius 1 is 1.30 bits per heavy atom. The predicted octanol–water partition coefficient (Wildman–Crippen LogP) is 1.26. The second-order valence-electron chi connectivity index (χ2n) is 4.83. The van der Waals surface area contributed by atoms with Gasteiger partial charge in [0.25, 0.3) is 0 Å². The van der Waals surface area contributed by atoms with Crippen LogP contribution in [0.25, 0.3) is 11.4 Å². The predicted molar refractivity (Wildman–Crippen MR) is 75.7 cm³/mol. The molecule has 1 atom stereocenters. The normalized spacial score (nSPS) is 13.3. The Hall–Kier alpha value is -1.73. The largest absolute Gasteiger partial charge is 0.342 e. The summed E-state index contributed by atoms with van der Waals surface area (Å²) in [6.45, 7) is 2.47. The van der Waals surface area contributed by atoms with Crippen LogP contribution in [0.1, 0.15) is 12.5 Å². The molecule has 108 valence electrons. The highest BCUT2D eigenvalue weighted by Gasteiger charge is 2.10. The summed E-state index contributed by atoms with van der Waals surface area (Å²) in [6.07, 6.45) is 2.53. The molecule has 0 saturated carbocycles. The van der Waals surface area contributed by atoms with Crippen LogP contribution in [0.4, 0.5) is 0 Å². The maximum Gasteiger partial charge on any atom is 0.214 e. The van der Waals surface area contributed by atoms with Gasteiger partial charge in [0, 0.05) is 24.4 Å². The molecule has 1 heterocycles. The van der Waals surface area contributed by atoms with Crippen molar-refractivity contribution in [2.75, 3.05) is 12.0 Å². The van der Waals surface area contributed by atoms with Crippen LogP contribution in [0.15, 0.2) is 35.2 Å². The fourth-order valence-corrected chi connectivity index (χ4v) is 2.90. The number of nitrogens with one attached hydrogen (secondary N) is 1. The van der Waals surface area contributed by atoms with Crippen LogP contribution < -0.4 is 5.32 Å². The molecule has 6 nitrogen and oxygen atoms in total. The number of rotatable bonds is 6. The Balaban J connectivity index is 1.91. The molecule has 0 bridgehead atoms. The summed E-state index contributed by atoms with van der Waals surface area (Å²) in [5.74, 6) is 0.684. The van der Waals surface area contributed by atoms with Crippen LogP contribution in [0.5, 0.6) is 0 Å². The number of nitrogens with zero attached hydrogens (tertiary/aromatic N) is 2. The van der Waals surface area contributed by atoms with Gasteiger partial charge < -0.3 is 9.84 Å². The van der Waals surface area contributed by atoms with Gasteiger partial charge in [0.05, 0.1) is 5.75 Å². The Bertz CT molecular complexity index is 636. The van der Waals surface area contributed by atoms with E-state index in [0.29, 0.717) is 12.4 Å². The molecule has 7 heteroatoms. The average molecular weight is 295 g/mol. The lowest BCUT2D eigenvalue weighted by atomic mass is 10.1.